The molecule has 88 valence electrons. The average Bonchev–Trinajstić information content (AvgIpc) is 2.68. The SMILES string of the molecule is C[C@H](S[C@@H](C)[C@@H](C)O)C(=O)N1CCCC1. The van der Waals surface area contributed by atoms with E-state index in [1.54, 1.807) is 18.7 Å². The number of nitrogens with zero attached hydrogens (tertiary/aromatic N) is 1. The standard InChI is InChI=1S/C11H21NO2S/c1-8(13)9(2)15-10(3)11(14)12-6-4-5-7-12/h8-10,13H,4-7H2,1-3H3/t8-,9+,10+/m1/s1. The molecule has 1 saturated heterocycles. The molecule has 1 aliphatic heterocycles. The Bertz CT molecular complexity index is 215. The predicted octanol–water partition coefficient (Wildman–Crippen LogP) is 1.50. The number of carbonyl (C=O) groups is 1. The molecule has 1 aliphatic rings. The van der Waals surface area contributed by atoms with E-state index in [4.69, 9.17) is 0 Å². The van der Waals surface area contributed by atoms with E-state index >= 15 is 0 Å². The van der Waals surface area contributed by atoms with Gasteiger partial charge >= 0.3 is 0 Å². The van der Waals surface area contributed by atoms with Gasteiger partial charge in [-0.1, -0.05) is 6.92 Å². The Kier molecular flexibility index (Phi) is 4.93. The van der Waals surface area contributed by atoms with E-state index in [9.17, 15) is 9.90 Å². The van der Waals surface area contributed by atoms with Gasteiger partial charge in [-0.3, -0.25) is 4.79 Å². The Morgan fingerprint density at radius 1 is 1.27 bits per heavy atom. The molecule has 0 radical (unpaired) electrons. The molecule has 0 aromatic heterocycles. The van der Waals surface area contributed by atoms with Gasteiger partial charge in [-0.25, -0.2) is 0 Å². The molecule has 0 spiro atoms. The summed E-state index contributed by atoms with van der Waals surface area (Å²) in [5.74, 6) is 0.227. The summed E-state index contributed by atoms with van der Waals surface area (Å²) in [6, 6.07) is 0. The van der Waals surface area contributed by atoms with Crippen LogP contribution in [0.3, 0.4) is 0 Å². The minimum Gasteiger partial charge on any atom is -0.392 e. The number of hydrogen-bond acceptors (Lipinski definition) is 3. The Morgan fingerprint density at radius 2 is 1.80 bits per heavy atom. The molecule has 0 aliphatic carbocycles. The maximum absolute atomic E-state index is 11.9. The first kappa shape index (κ1) is 12.8. The average molecular weight is 231 g/mol. The lowest BCUT2D eigenvalue weighted by Gasteiger charge is -2.23. The molecule has 0 saturated carbocycles. The van der Waals surface area contributed by atoms with Crippen molar-refractivity contribution in [1.82, 2.24) is 4.90 Å². The summed E-state index contributed by atoms with van der Waals surface area (Å²) < 4.78 is 0. The number of carbonyl (C=O) groups excluding carboxylic acids is 1. The van der Waals surface area contributed by atoms with Gasteiger partial charge in [-0.05, 0) is 26.7 Å². The van der Waals surface area contributed by atoms with Crippen LogP contribution in [0.25, 0.3) is 0 Å². The second-order valence-corrected chi connectivity index (χ2v) is 5.98. The van der Waals surface area contributed by atoms with Gasteiger partial charge < -0.3 is 10.0 Å². The van der Waals surface area contributed by atoms with Crippen LogP contribution in [-0.4, -0.2) is 45.6 Å². The molecular weight excluding hydrogens is 210 g/mol. The fraction of sp³-hybridized carbons (Fsp3) is 0.909. The van der Waals surface area contributed by atoms with Gasteiger partial charge in [-0.2, -0.15) is 0 Å². The third-order valence-corrected chi connectivity index (χ3v) is 4.30. The molecule has 1 heterocycles. The zero-order valence-corrected chi connectivity index (χ0v) is 10.6. The molecule has 1 rings (SSSR count). The number of thioether (sulfide) groups is 1. The first-order valence-electron chi connectivity index (χ1n) is 5.64. The van der Waals surface area contributed by atoms with Crippen LogP contribution >= 0.6 is 11.8 Å². The molecule has 0 bridgehead atoms. The molecule has 4 heteroatoms. The summed E-state index contributed by atoms with van der Waals surface area (Å²) in [6.45, 7) is 7.48. The second kappa shape index (κ2) is 5.75. The Labute approximate surface area is 96.2 Å². The van der Waals surface area contributed by atoms with Crippen LogP contribution in [0.2, 0.25) is 0 Å². The lowest BCUT2D eigenvalue weighted by Crippen LogP contribution is -2.35. The monoisotopic (exact) mass is 231 g/mol. The highest BCUT2D eigenvalue weighted by atomic mass is 32.2. The van der Waals surface area contributed by atoms with E-state index in [-0.39, 0.29) is 22.5 Å². The van der Waals surface area contributed by atoms with Crippen molar-refractivity contribution in [2.24, 2.45) is 0 Å². The van der Waals surface area contributed by atoms with Gasteiger partial charge in [0, 0.05) is 18.3 Å². The molecule has 0 unspecified atom stereocenters. The van der Waals surface area contributed by atoms with Crippen LogP contribution < -0.4 is 0 Å². The van der Waals surface area contributed by atoms with Gasteiger partial charge in [-0.15, -0.1) is 11.8 Å². The van der Waals surface area contributed by atoms with Crippen molar-refractivity contribution in [2.75, 3.05) is 13.1 Å². The second-order valence-electron chi connectivity index (χ2n) is 4.26. The number of amides is 1. The van der Waals surface area contributed by atoms with E-state index in [0.29, 0.717) is 0 Å². The molecular formula is C11H21NO2S. The smallest absolute Gasteiger partial charge is 0.235 e. The Balaban J connectivity index is 2.38. The number of aliphatic hydroxyl groups excluding tert-OH is 1. The van der Waals surface area contributed by atoms with Crippen LogP contribution in [0.5, 0.6) is 0 Å². The molecule has 0 aromatic rings. The van der Waals surface area contributed by atoms with Crippen molar-refractivity contribution in [1.29, 1.82) is 0 Å². The fourth-order valence-electron chi connectivity index (χ4n) is 1.69. The summed E-state index contributed by atoms with van der Waals surface area (Å²) in [5.41, 5.74) is 0. The molecule has 3 nitrogen and oxygen atoms in total. The highest BCUT2D eigenvalue weighted by molar-refractivity contribution is 8.01. The van der Waals surface area contributed by atoms with E-state index < -0.39 is 0 Å². The number of rotatable bonds is 4. The van der Waals surface area contributed by atoms with Crippen molar-refractivity contribution in [3.05, 3.63) is 0 Å². The van der Waals surface area contributed by atoms with Gasteiger partial charge in [0.1, 0.15) is 0 Å². The first-order chi connectivity index (χ1) is 7.02. The first-order valence-corrected chi connectivity index (χ1v) is 6.59. The van der Waals surface area contributed by atoms with Crippen molar-refractivity contribution < 1.29 is 9.90 Å². The molecule has 1 fully saturated rings. The third kappa shape index (κ3) is 3.68. The summed E-state index contributed by atoms with van der Waals surface area (Å²) in [4.78, 5) is 13.9. The predicted molar refractivity (Wildman–Crippen MR) is 64.0 cm³/mol. The van der Waals surface area contributed by atoms with Crippen LogP contribution in [0.4, 0.5) is 0 Å². The van der Waals surface area contributed by atoms with Gasteiger partial charge in [0.15, 0.2) is 0 Å². The summed E-state index contributed by atoms with van der Waals surface area (Å²) in [5, 5.41) is 9.45. The van der Waals surface area contributed by atoms with E-state index in [0.717, 1.165) is 25.9 Å². The van der Waals surface area contributed by atoms with Crippen molar-refractivity contribution >= 4 is 17.7 Å². The van der Waals surface area contributed by atoms with Gasteiger partial charge in [0.05, 0.1) is 11.4 Å². The summed E-state index contributed by atoms with van der Waals surface area (Å²) in [7, 11) is 0. The van der Waals surface area contributed by atoms with Crippen LogP contribution in [0.1, 0.15) is 33.6 Å². The normalized spacial score (nSPS) is 22.5. The van der Waals surface area contributed by atoms with E-state index in [1.165, 1.54) is 0 Å². The zero-order chi connectivity index (χ0) is 11.4. The lowest BCUT2D eigenvalue weighted by molar-refractivity contribution is -0.129. The highest BCUT2D eigenvalue weighted by Gasteiger charge is 2.25. The highest BCUT2D eigenvalue weighted by Crippen LogP contribution is 2.23. The Morgan fingerprint density at radius 3 is 2.27 bits per heavy atom. The maximum Gasteiger partial charge on any atom is 0.235 e. The molecule has 3 atom stereocenters. The fourth-order valence-corrected chi connectivity index (χ4v) is 2.83. The van der Waals surface area contributed by atoms with E-state index in [2.05, 4.69) is 0 Å². The quantitative estimate of drug-likeness (QED) is 0.797. The number of likely N-dealkylation sites (tertiary alicyclic amines) is 1. The Hall–Kier alpha value is -0.220. The molecule has 15 heavy (non-hydrogen) atoms. The molecule has 0 aromatic carbocycles. The third-order valence-electron chi connectivity index (χ3n) is 2.86. The molecule has 1 N–H and O–H groups in total. The van der Waals surface area contributed by atoms with Gasteiger partial charge in [0.2, 0.25) is 5.91 Å². The lowest BCUT2D eigenvalue weighted by atomic mass is 10.3. The van der Waals surface area contributed by atoms with Crippen molar-refractivity contribution in [3.8, 4) is 0 Å². The minimum atomic E-state index is -0.358. The van der Waals surface area contributed by atoms with Crippen LogP contribution in [-0.2, 0) is 4.79 Å². The minimum absolute atomic E-state index is 0.0345. The van der Waals surface area contributed by atoms with Crippen molar-refractivity contribution in [2.45, 2.75) is 50.2 Å². The van der Waals surface area contributed by atoms with Gasteiger partial charge in [0.25, 0.3) is 0 Å². The van der Waals surface area contributed by atoms with Crippen LogP contribution in [0, 0.1) is 0 Å². The number of hydrogen-bond donors (Lipinski definition) is 1. The largest absolute Gasteiger partial charge is 0.392 e. The topological polar surface area (TPSA) is 40.5 Å². The van der Waals surface area contributed by atoms with Crippen LogP contribution in [0.15, 0.2) is 0 Å². The summed E-state index contributed by atoms with van der Waals surface area (Å²) in [6.07, 6.45) is 1.91. The zero-order valence-electron chi connectivity index (χ0n) is 9.77. The number of aliphatic hydroxyl groups is 1. The molecule has 1 amide bonds. The van der Waals surface area contributed by atoms with E-state index in [1.807, 2.05) is 18.7 Å². The summed E-state index contributed by atoms with van der Waals surface area (Å²) >= 11 is 1.56. The van der Waals surface area contributed by atoms with Crippen molar-refractivity contribution in [3.63, 3.8) is 0 Å². The maximum atomic E-state index is 11.9.